The Labute approximate surface area is 194 Å². The van der Waals surface area contributed by atoms with Crippen molar-refractivity contribution in [1.29, 1.82) is 0 Å². The number of benzene rings is 2. The van der Waals surface area contributed by atoms with E-state index < -0.39 is 39.5 Å². The van der Waals surface area contributed by atoms with E-state index >= 15 is 0 Å². The Morgan fingerprint density at radius 3 is 2.47 bits per heavy atom. The molecule has 2 aromatic carbocycles. The van der Waals surface area contributed by atoms with Gasteiger partial charge in [-0.2, -0.15) is 4.31 Å². The molecule has 180 valence electrons. The summed E-state index contributed by atoms with van der Waals surface area (Å²) in [6.07, 6.45) is 0.298. The topological polar surface area (TPSA) is 116 Å². The van der Waals surface area contributed by atoms with Crippen molar-refractivity contribution in [1.82, 2.24) is 8.87 Å². The minimum atomic E-state index is -3.67. The van der Waals surface area contributed by atoms with E-state index in [1.165, 1.54) is 46.1 Å². The van der Waals surface area contributed by atoms with Crippen molar-refractivity contribution in [3.63, 3.8) is 0 Å². The van der Waals surface area contributed by atoms with Crippen LogP contribution >= 0.6 is 0 Å². The van der Waals surface area contributed by atoms with Crippen LogP contribution in [0.4, 0.5) is 4.39 Å². The van der Waals surface area contributed by atoms with Crippen molar-refractivity contribution in [2.45, 2.75) is 43.7 Å². The lowest BCUT2D eigenvalue weighted by atomic mass is 10.1. The van der Waals surface area contributed by atoms with Gasteiger partial charge in [0.2, 0.25) is 15.8 Å². The van der Waals surface area contributed by atoms with Crippen LogP contribution in [-0.2, 0) is 26.1 Å². The van der Waals surface area contributed by atoms with Crippen molar-refractivity contribution < 1.29 is 31.6 Å². The first kappa shape index (κ1) is 23.8. The zero-order valence-electron chi connectivity index (χ0n) is 18.4. The second-order valence-electron chi connectivity index (χ2n) is 8.01. The number of rotatable bonds is 8. The number of halogens is 1. The minimum Gasteiger partial charge on any atom is -0.454 e. The summed E-state index contributed by atoms with van der Waals surface area (Å²) in [6, 6.07) is 9.07. The highest BCUT2D eigenvalue weighted by molar-refractivity contribution is 7.89. The first-order chi connectivity index (χ1) is 16.2. The fraction of sp³-hybridized carbons (Fsp3) is 0.348. The second kappa shape index (κ2) is 9.51. The average Bonchev–Trinajstić information content (AvgIpc) is 3.45. The van der Waals surface area contributed by atoms with E-state index in [9.17, 15) is 27.2 Å². The number of esters is 1. The van der Waals surface area contributed by atoms with E-state index in [0.29, 0.717) is 18.6 Å². The summed E-state index contributed by atoms with van der Waals surface area (Å²) < 4.78 is 51.5. The number of hydrogen-bond acceptors (Lipinski definition) is 7. The smallest absolute Gasteiger partial charge is 0.419 e. The predicted molar refractivity (Wildman–Crippen MR) is 119 cm³/mol. The molecule has 0 bridgehead atoms. The Bertz CT molecular complexity index is 1390. The third-order valence-electron chi connectivity index (χ3n) is 5.69. The van der Waals surface area contributed by atoms with Gasteiger partial charge in [0.1, 0.15) is 5.82 Å². The standard InChI is InChI=1S/C23H23FN2O7S/c1-15(22(28)16-4-6-17(24)7-5-16)32-21(27)10-13-26-19-9-8-18(14-20(19)33-23(26)29)34(30,31)25-11-2-3-12-25/h4-9,14-15H,2-3,10-13H2,1H3/t15-/m1/s1. The predicted octanol–water partition coefficient (Wildman–Crippen LogP) is 2.72. The lowest BCUT2D eigenvalue weighted by Gasteiger charge is -2.15. The molecule has 1 aliphatic heterocycles. The maximum absolute atomic E-state index is 13.0. The molecule has 0 N–H and O–H groups in total. The molecule has 3 aromatic rings. The number of aromatic nitrogens is 1. The highest BCUT2D eigenvalue weighted by Gasteiger charge is 2.28. The van der Waals surface area contributed by atoms with Crippen LogP contribution in [0.15, 0.2) is 56.6 Å². The highest BCUT2D eigenvalue weighted by atomic mass is 32.2. The molecule has 2 heterocycles. The van der Waals surface area contributed by atoms with Crippen LogP contribution in [-0.4, -0.2) is 48.2 Å². The van der Waals surface area contributed by atoms with Gasteiger partial charge in [-0.1, -0.05) is 0 Å². The lowest BCUT2D eigenvalue weighted by molar-refractivity contribution is -0.146. The van der Waals surface area contributed by atoms with E-state index in [4.69, 9.17) is 9.15 Å². The van der Waals surface area contributed by atoms with Gasteiger partial charge in [0.15, 0.2) is 11.7 Å². The number of carbonyl (C=O) groups excluding carboxylic acids is 2. The van der Waals surface area contributed by atoms with Crippen LogP contribution in [0, 0.1) is 5.82 Å². The molecule has 34 heavy (non-hydrogen) atoms. The molecule has 0 radical (unpaired) electrons. The summed E-state index contributed by atoms with van der Waals surface area (Å²) in [6.45, 7) is 2.23. The fourth-order valence-corrected chi connectivity index (χ4v) is 5.39. The molecule has 0 spiro atoms. The van der Waals surface area contributed by atoms with Crippen molar-refractivity contribution >= 4 is 32.9 Å². The maximum Gasteiger partial charge on any atom is 0.419 e. The summed E-state index contributed by atoms with van der Waals surface area (Å²) >= 11 is 0. The number of ether oxygens (including phenoxy) is 1. The highest BCUT2D eigenvalue weighted by Crippen LogP contribution is 2.24. The lowest BCUT2D eigenvalue weighted by Crippen LogP contribution is -2.27. The Balaban J connectivity index is 1.43. The quantitative estimate of drug-likeness (QED) is 0.352. The number of oxazole rings is 1. The summed E-state index contributed by atoms with van der Waals surface area (Å²) in [5, 5.41) is 0. The summed E-state index contributed by atoms with van der Waals surface area (Å²) in [5.41, 5.74) is 0.644. The number of hydrogen-bond donors (Lipinski definition) is 0. The number of Topliss-reactive ketones (excluding diaryl/α,β-unsaturated/α-hetero) is 1. The Morgan fingerprint density at radius 1 is 1.12 bits per heavy atom. The largest absolute Gasteiger partial charge is 0.454 e. The molecule has 1 aliphatic rings. The molecule has 1 fully saturated rings. The van der Waals surface area contributed by atoms with E-state index in [0.717, 1.165) is 25.0 Å². The first-order valence-corrected chi connectivity index (χ1v) is 12.2. The van der Waals surface area contributed by atoms with E-state index in [2.05, 4.69) is 0 Å². The molecule has 0 amide bonds. The molecular formula is C23H23FN2O7S. The second-order valence-corrected chi connectivity index (χ2v) is 9.95. The molecule has 0 saturated carbocycles. The summed E-state index contributed by atoms with van der Waals surface area (Å²) in [4.78, 5) is 36.9. The van der Waals surface area contributed by atoms with Crippen molar-refractivity contribution in [2.75, 3.05) is 13.1 Å². The van der Waals surface area contributed by atoms with Crippen LogP contribution < -0.4 is 5.76 Å². The summed E-state index contributed by atoms with van der Waals surface area (Å²) in [5.74, 6) is -2.42. The third-order valence-corrected chi connectivity index (χ3v) is 7.58. The van der Waals surface area contributed by atoms with Gasteiger partial charge in [-0.25, -0.2) is 17.6 Å². The third kappa shape index (κ3) is 4.80. The van der Waals surface area contributed by atoms with Crippen molar-refractivity contribution in [3.8, 4) is 0 Å². The molecule has 9 nitrogen and oxygen atoms in total. The first-order valence-electron chi connectivity index (χ1n) is 10.8. The van der Waals surface area contributed by atoms with Crippen LogP contribution in [0.5, 0.6) is 0 Å². The van der Waals surface area contributed by atoms with Crippen LogP contribution in [0.3, 0.4) is 0 Å². The van der Waals surface area contributed by atoms with Crippen LogP contribution in [0.2, 0.25) is 0 Å². The molecule has 0 unspecified atom stereocenters. The van der Waals surface area contributed by atoms with Gasteiger partial charge < -0.3 is 9.15 Å². The summed E-state index contributed by atoms with van der Waals surface area (Å²) in [7, 11) is -3.67. The number of sulfonamides is 1. The average molecular weight is 491 g/mol. The van der Waals surface area contributed by atoms with Gasteiger partial charge in [-0.3, -0.25) is 14.2 Å². The number of carbonyl (C=O) groups is 2. The van der Waals surface area contributed by atoms with Gasteiger partial charge >= 0.3 is 11.7 Å². The number of ketones is 1. The molecule has 1 aromatic heterocycles. The molecule has 0 aliphatic carbocycles. The fourth-order valence-electron chi connectivity index (χ4n) is 3.86. The normalized spacial score (nSPS) is 15.5. The minimum absolute atomic E-state index is 0.0374. The SMILES string of the molecule is C[C@@H](OC(=O)CCn1c(=O)oc2cc(S(=O)(=O)N3CCCC3)ccc21)C(=O)c1ccc(F)cc1. The van der Waals surface area contributed by atoms with Gasteiger partial charge in [-0.15, -0.1) is 0 Å². The van der Waals surface area contributed by atoms with E-state index in [1.54, 1.807) is 0 Å². The monoisotopic (exact) mass is 490 g/mol. The maximum atomic E-state index is 13.0. The Kier molecular flexibility index (Phi) is 6.67. The molecule has 1 atom stereocenters. The zero-order valence-corrected chi connectivity index (χ0v) is 19.2. The van der Waals surface area contributed by atoms with Gasteiger partial charge in [0.25, 0.3) is 0 Å². The Hall–Kier alpha value is -3.31. The van der Waals surface area contributed by atoms with Crippen molar-refractivity contribution in [3.05, 3.63) is 64.4 Å². The van der Waals surface area contributed by atoms with Crippen LogP contribution in [0.25, 0.3) is 11.1 Å². The van der Waals surface area contributed by atoms with Gasteiger partial charge in [0, 0.05) is 31.3 Å². The van der Waals surface area contributed by atoms with Crippen molar-refractivity contribution in [2.24, 2.45) is 0 Å². The molecule has 4 rings (SSSR count). The number of fused-ring (bicyclic) bond motifs is 1. The van der Waals surface area contributed by atoms with E-state index in [1.807, 2.05) is 0 Å². The van der Waals surface area contributed by atoms with E-state index in [-0.39, 0.29) is 29.0 Å². The molecule has 1 saturated heterocycles. The molecular weight excluding hydrogens is 467 g/mol. The zero-order chi connectivity index (χ0) is 24.5. The number of nitrogens with zero attached hydrogens (tertiary/aromatic N) is 2. The van der Waals surface area contributed by atoms with Crippen LogP contribution in [0.1, 0.15) is 36.5 Å². The van der Waals surface area contributed by atoms with Gasteiger partial charge in [-0.05, 0) is 56.2 Å². The Morgan fingerprint density at radius 2 is 1.79 bits per heavy atom. The molecule has 11 heteroatoms. The number of aryl methyl sites for hydroxylation is 1. The van der Waals surface area contributed by atoms with Gasteiger partial charge in [0.05, 0.1) is 16.8 Å².